The van der Waals surface area contributed by atoms with Crippen LogP contribution in [0.4, 0.5) is 0 Å². The van der Waals surface area contributed by atoms with Crippen LogP contribution in [0, 0.1) is 0 Å². The maximum Gasteiger partial charge on any atom is 0.127 e. The van der Waals surface area contributed by atoms with Crippen LogP contribution in [0.15, 0.2) is 18.2 Å². The van der Waals surface area contributed by atoms with Crippen LogP contribution in [0.2, 0.25) is 0 Å². The average Bonchev–Trinajstić information content (AvgIpc) is 2.48. The quantitative estimate of drug-likeness (QED) is 0.672. The predicted molar refractivity (Wildman–Crippen MR) is 86.2 cm³/mol. The van der Waals surface area contributed by atoms with E-state index in [1.54, 1.807) is 14.2 Å². The van der Waals surface area contributed by atoms with Gasteiger partial charge in [-0.1, -0.05) is 13.0 Å². The Morgan fingerprint density at radius 2 is 1.95 bits per heavy atom. The van der Waals surface area contributed by atoms with Gasteiger partial charge in [0, 0.05) is 31.7 Å². The maximum absolute atomic E-state index is 5.95. The normalized spacial score (nSPS) is 11.5. The van der Waals surface area contributed by atoms with E-state index >= 15 is 0 Å². The molecule has 21 heavy (non-hydrogen) atoms. The van der Waals surface area contributed by atoms with Gasteiger partial charge in [-0.3, -0.25) is 0 Å². The van der Waals surface area contributed by atoms with Gasteiger partial charge in [0.2, 0.25) is 0 Å². The topological polar surface area (TPSA) is 39.7 Å². The molecule has 0 spiro atoms. The maximum atomic E-state index is 5.95. The molecule has 0 atom stereocenters. The highest BCUT2D eigenvalue weighted by Gasteiger charge is 2.16. The summed E-state index contributed by atoms with van der Waals surface area (Å²) in [5.41, 5.74) is 0.985. The van der Waals surface area contributed by atoms with E-state index < -0.39 is 0 Å². The van der Waals surface area contributed by atoms with Gasteiger partial charge in [0.25, 0.3) is 0 Å². The summed E-state index contributed by atoms with van der Waals surface area (Å²) >= 11 is 0. The van der Waals surface area contributed by atoms with Gasteiger partial charge in [0.05, 0.1) is 19.3 Å². The number of hydrogen-bond acceptors (Lipinski definition) is 4. The summed E-state index contributed by atoms with van der Waals surface area (Å²) in [6.07, 6.45) is 1.96. The Bertz CT molecular complexity index is 418. The lowest BCUT2D eigenvalue weighted by atomic mass is 10.1. The van der Waals surface area contributed by atoms with Crippen LogP contribution >= 0.6 is 0 Å². The van der Waals surface area contributed by atoms with Crippen molar-refractivity contribution in [2.75, 3.05) is 27.4 Å². The first-order valence-corrected chi connectivity index (χ1v) is 7.58. The molecule has 0 unspecified atom stereocenters. The highest BCUT2D eigenvalue weighted by Crippen LogP contribution is 2.25. The van der Waals surface area contributed by atoms with E-state index in [0.29, 0.717) is 6.61 Å². The lowest BCUT2D eigenvalue weighted by Crippen LogP contribution is -2.25. The summed E-state index contributed by atoms with van der Waals surface area (Å²) < 4.78 is 16.6. The minimum Gasteiger partial charge on any atom is -0.497 e. The number of rotatable bonds is 10. The van der Waals surface area contributed by atoms with Gasteiger partial charge in [0.1, 0.15) is 11.5 Å². The van der Waals surface area contributed by atoms with Gasteiger partial charge in [0.15, 0.2) is 0 Å². The van der Waals surface area contributed by atoms with Crippen molar-refractivity contribution in [2.24, 2.45) is 0 Å². The Balaban J connectivity index is 2.67. The van der Waals surface area contributed by atoms with Gasteiger partial charge in [-0.15, -0.1) is 0 Å². The van der Waals surface area contributed by atoms with Crippen molar-refractivity contribution in [1.82, 2.24) is 5.32 Å². The van der Waals surface area contributed by atoms with E-state index in [2.05, 4.69) is 32.2 Å². The van der Waals surface area contributed by atoms with Crippen LogP contribution in [0.5, 0.6) is 11.5 Å². The van der Waals surface area contributed by atoms with E-state index in [1.165, 1.54) is 0 Å². The number of methoxy groups -OCH3 is 2. The third kappa shape index (κ3) is 6.36. The molecule has 0 aliphatic heterocycles. The largest absolute Gasteiger partial charge is 0.497 e. The predicted octanol–water partition coefficient (Wildman–Crippen LogP) is 3.39. The average molecular weight is 295 g/mol. The summed E-state index contributed by atoms with van der Waals surface area (Å²) in [5.74, 6) is 1.69. The molecule has 4 nitrogen and oxygen atoms in total. The fourth-order valence-electron chi connectivity index (χ4n) is 1.85. The second-order valence-corrected chi connectivity index (χ2v) is 5.71. The second kappa shape index (κ2) is 8.90. The number of hydrogen-bond donors (Lipinski definition) is 1. The molecule has 1 aromatic rings. The molecular weight excluding hydrogens is 266 g/mol. The summed E-state index contributed by atoms with van der Waals surface area (Å²) in [6, 6.07) is 5.97. The summed E-state index contributed by atoms with van der Waals surface area (Å²) in [4.78, 5) is 0. The molecular formula is C17H29NO3. The van der Waals surface area contributed by atoms with Crippen LogP contribution in [0.3, 0.4) is 0 Å². The van der Waals surface area contributed by atoms with E-state index in [4.69, 9.17) is 14.2 Å². The monoisotopic (exact) mass is 295 g/mol. The van der Waals surface area contributed by atoms with Crippen LogP contribution in [-0.2, 0) is 11.3 Å². The van der Waals surface area contributed by atoms with Gasteiger partial charge in [-0.05, 0) is 32.9 Å². The zero-order valence-electron chi connectivity index (χ0n) is 14.0. The lowest BCUT2D eigenvalue weighted by Gasteiger charge is -2.23. The minimum atomic E-state index is -0.167. The molecule has 1 aromatic carbocycles. The van der Waals surface area contributed by atoms with Gasteiger partial charge >= 0.3 is 0 Å². The summed E-state index contributed by atoms with van der Waals surface area (Å²) in [6.45, 7) is 8.71. The molecule has 4 heteroatoms. The van der Waals surface area contributed by atoms with Crippen LogP contribution in [0.25, 0.3) is 0 Å². The fraction of sp³-hybridized carbons (Fsp3) is 0.647. The molecule has 0 saturated heterocycles. The Morgan fingerprint density at radius 3 is 2.57 bits per heavy atom. The zero-order valence-corrected chi connectivity index (χ0v) is 14.0. The second-order valence-electron chi connectivity index (χ2n) is 5.71. The van der Waals surface area contributed by atoms with Crippen molar-refractivity contribution in [3.8, 4) is 11.5 Å². The Hall–Kier alpha value is -1.26. The van der Waals surface area contributed by atoms with Crippen LogP contribution in [-0.4, -0.2) is 33.0 Å². The third-order valence-corrected chi connectivity index (χ3v) is 3.53. The molecule has 1 rings (SSSR count). The Labute approximate surface area is 128 Å². The van der Waals surface area contributed by atoms with Crippen molar-refractivity contribution in [2.45, 2.75) is 45.8 Å². The first-order chi connectivity index (χ1) is 10.0. The minimum absolute atomic E-state index is 0.167. The Kier molecular flexibility index (Phi) is 7.54. The molecule has 0 heterocycles. The van der Waals surface area contributed by atoms with Crippen molar-refractivity contribution in [1.29, 1.82) is 0 Å². The highest BCUT2D eigenvalue weighted by atomic mass is 16.5. The molecule has 0 fully saturated rings. The van der Waals surface area contributed by atoms with E-state index in [9.17, 15) is 0 Å². The van der Waals surface area contributed by atoms with Crippen molar-refractivity contribution >= 4 is 0 Å². The number of nitrogens with one attached hydrogen (secondary N) is 1. The van der Waals surface area contributed by atoms with Crippen molar-refractivity contribution in [3.63, 3.8) is 0 Å². The molecule has 0 bridgehead atoms. The number of benzene rings is 1. The van der Waals surface area contributed by atoms with Gasteiger partial charge in [-0.25, -0.2) is 0 Å². The van der Waals surface area contributed by atoms with Crippen LogP contribution < -0.4 is 14.8 Å². The molecule has 0 amide bonds. The molecule has 1 N–H and O–H groups in total. The zero-order chi connectivity index (χ0) is 15.7. The molecule has 0 aromatic heterocycles. The van der Waals surface area contributed by atoms with Gasteiger partial charge < -0.3 is 19.5 Å². The third-order valence-electron chi connectivity index (χ3n) is 3.53. The molecule has 0 aliphatic carbocycles. The molecule has 0 aliphatic rings. The molecule has 120 valence electrons. The SMILES string of the molecule is CCCNCc1ccc(OC)cc1OCCC(C)(C)OC. The summed E-state index contributed by atoms with van der Waals surface area (Å²) in [5, 5.41) is 3.40. The lowest BCUT2D eigenvalue weighted by molar-refractivity contribution is 0.00536. The van der Waals surface area contributed by atoms with E-state index in [0.717, 1.165) is 43.0 Å². The van der Waals surface area contributed by atoms with E-state index in [-0.39, 0.29) is 5.60 Å². The van der Waals surface area contributed by atoms with Crippen LogP contribution in [0.1, 0.15) is 39.2 Å². The standard InChI is InChI=1S/C17H29NO3/c1-6-10-18-13-14-7-8-15(19-4)12-16(14)21-11-9-17(2,3)20-5/h7-8,12,18H,6,9-11,13H2,1-5H3. The van der Waals surface area contributed by atoms with Gasteiger partial charge in [-0.2, -0.15) is 0 Å². The molecule has 0 saturated carbocycles. The number of ether oxygens (including phenoxy) is 3. The fourth-order valence-corrected chi connectivity index (χ4v) is 1.85. The first-order valence-electron chi connectivity index (χ1n) is 7.58. The molecule has 0 radical (unpaired) electrons. The van der Waals surface area contributed by atoms with E-state index in [1.807, 2.05) is 12.1 Å². The highest BCUT2D eigenvalue weighted by molar-refractivity contribution is 5.40. The van der Waals surface area contributed by atoms with Crippen molar-refractivity contribution in [3.05, 3.63) is 23.8 Å². The first kappa shape index (κ1) is 17.8. The van der Waals surface area contributed by atoms with Crippen molar-refractivity contribution < 1.29 is 14.2 Å². The Morgan fingerprint density at radius 1 is 1.19 bits per heavy atom. The smallest absolute Gasteiger partial charge is 0.127 e. The summed E-state index contributed by atoms with van der Waals surface area (Å²) in [7, 11) is 3.40.